The molecule has 0 saturated heterocycles. The molecule has 1 N–H and O–H groups in total. The van der Waals surface area contributed by atoms with Crippen molar-refractivity contribution in [1.29, 1.82) is 0 Å². The number of aryl methyl sites for hydroxylation is 1. The van der Waals surface area contributed by atoms with Gasteiger partial charge in [-0.25, -0.2) is 0 Å². The van der Waals surface area contributed by atoms with Crippen LogP contribution in [0.5, 0.6) is 0 Å². The van der Waals surface area contributed by atoms with E-state index in [1.54, 1.807) is 12.1 Å². The number of rotatable bonds is 5. The summed E-state index contributed by atoms with van der Waals surface area (Å²) in [6.45, 7) is 4.44. The van der Waals surface area contributed by atoms with Crippen LogP contribution in [0.2, 0.25) is 5.02 Å². The minimum Gasteiger partial charge on any atom is -0.351 e. The zero-order valence-corrected chi connectivity index (χ0v) is 11.6. The molecule has 0 fully saturated rings. The van der Waals surface area contributed by atoms with E-state index in [0.29, 0.717) is 17.1 Å². The molecule has 0 radical (unpaired) electrons. The molecule has 0 heterocycles. The number of benzene rings is 1. The number of carbonyl (C=O) groups excluding carboxylic acids is 1. The summed E-state index contributed by atoms with van der Waals surface area (Å²) < 4.78 is 0. The number of hydrogen-bond acceptors (Lipinski definition) is 1. The van der Waals surface area contributed by atoms with Gasteiger partial charge >= 0.3 is 0 Å². The van der Waals surface area contributed by atoms with Gasteiger partial charge in [0.15, 0.2) is 0 Å². The molecule has 1 aromatic carbocycles. The average Bonchev–Trinajstić information content (AvgIpc) is 2.29. The fourth-order valence-corrected chi connectivity index (χ4v) is 2.02. The number of nitrogens with one attached hydrogen (secondary N) is 1. The van der Waals surface area contributed by atoms with Gasteiger partial charge in [-0.15, -0.1) is 11.6 Å². The van der Waals surface area contributed by atoms with Crippen molar-refractivity contribution in [2.24, 2.45) is 0 Å². The van der Waals surface area contributed by atoms with Crippen LogP contribution in [0.15, 0.2) is 18.2 Å². The molecule has 0 aromatic heterocycles. The highest BCUT2D eigenvalue weighted by Gasteiger charge is 2.11. The Morgan fingerprint density at radius 3 is 2.82 bits per heavy atom. The summed E-state index contributed by atoms with van der Waals surface area (Å²) in [5.41, 5.74) is 1.52. The Morgan fingerprint density at radius 1 is 1.47 bits per heavy atom. The van der Waals surface area contributed by atoms with E-state index in [-0.39, 0.29) is 11.3 Å². The van der Waals surface area contributed by atoms with Crippen molar-refractivity contribution in [2.45, 2.75) is 32.1 Å². The van der Waals surface area contributed by atoms with E-state index in [1.807, 2.05) is 13.0 Å². The van der Waals surface area contributed by atoms with Crippen molar-refractivity contribution in [2.75, 3.05) is 6.54 Å². The second-order valence-corrected chi connectivity index (χ2v) is 5.11. The van der Waals surface area contributed by atoms with Crippen molar-refractivity contribution >= 4 is 29.1 Å². The molecule has 0 aliphatic rings. The largest absolute Gasteiger partial charge is 0.351 e. The molecule has 1 unspecified atom stereocenters. The molecular weight excluding hydrogens is 257 g/mol. The fourth-order valence-electron chi connectivity index (χ4n) is 1.55. The molecule has 1 aromatic rings. The lowest BCUT2D eigenvalue weighted by Gasteiger charge is -2.11. The van der Waals surface area contributed by atoms with Crippen LogP contribution in [0.4, 0.5) is 0 Å². The van der Waals surface area contributed by atoms with Crippen LogP contribution in [-0.2, 0) is 0 Å². The monoisotopic (exact) mass is 273 g/mol. The van der Waals surface area contributed by atoms with Crippen LogP contribution in [0, 0.1) is 6.92 Å². The summed E-state index contributed by atoms with van der Waals surface area (Å²) in [5.74, 6) is -0.119. The topological polar surface area (TPSA) is 29.1 Å². The predicted molar refractivity (Wildman–Crippen MR) is 73.1 cm³/mol. The molecule has 4 heteroatoms. The van der Waals surface area contributed by atoms with Gasteiger partial charge in [-0.05, 0) is 31.0 Å². The first kappa shape index (κ1) is 14.3. The number of alkyl halides is 1. The highest BCUT2D eigenvalue weighted by atomic mass is 35.5. The summed E-state index contributed by atoms with van der Waals surface area (Å²) in [7, 11) is 0. The predicted octanol–water partition coefficient (Wildman–Crippen LogP) is 3.79. The normalized spacial score (nSPS) is 12.2. The summed E-state index contributed by atoms with van der Waals surface area (Å²) >= 11 is 11.9. The van der Waals surface area contributed by atoms with E-state index in [0.717, 1.165) is 18.4 Å². The van der Waals surface area contributed by atoms with Crippen molar-refractivity contribution in [3.63, 3.8) is 0 Å². The Bertz CT molecular complexity index is 393. The zero-order chi connectivity index (χ0) is 12.8. The third kappa shape index (κ3) is 4.57. The molecular formula is C13H17Cl2NO. The second-order valence-electron chi connectivity index (χ2n) is 4.06. The van der Waals surface area contributed by atoms with E-state index < -0.39 is 0 Å². The number of amides is 1. The molecule has 0 aliphatic heterocycles. The zero-order valence-electron chi connectivity index (χ0n) is 10.1. The van der Waals surface area contributed by atoms with E-state index in [4.69, 9.17) is 23.2 Å². The Kier molecular flexibility index (Phi) is 5.79. The molecule has 1 rings (SSSR count). The Hall–Kier alpha value is -0.730. The fraction of sp³-hybridized carbons (Fsp3) is 0.462. The lowest BCUT2D eigenvalue weighted by atomic mass is 10.1. The molecule has 94 valence electrons. The first-order chi connectivity index (χ1) is 8.04. The van der Waals surface area contributed by atoms with Crippen molar-refractivity contribution in [1.82, 2.24) is 5.32 Å². The third-order valence-corrected chi connectivity index (χ3v) is 3.14. The summed E-state index contributed by atoms with van der Waals surface area (Å²) in [6.07, 6.45) is 1.91. The Morgan fingerprint density at radius 2 is 2.18 bits per heavy atom. The van der Waals surface area contributed by atoms with Crippen LogP contribution >= 0.6 is 23.2 Å². The minimum atomic E-state index is -0.119. The van der Waals surface area contributed by atoms with Crippen LogP contribution in [0.25, 0.3) is 0 Å². The SMILES string of the molecule is CCCC(Cl)CNC(=O)c1cc(Cl)ccc1C. The van der Waals surface area contributed by atoms with Gasteiger partial charge in [0.05, 0.1) is 5.38 Å². The van der Waals surface area contributed by atoms with Crippen LogP contribution < -0.4 is 5.32 Å². The lowest BCUT2D eigenvalue weighted by molar-refractivity contribution is 0.0952. The highest BCUT2D eigenvalue weighted by molar-refractivity contribution is 6.31. The third-order valence-electron chi connectivity index (χ3n) is 2.53. The number of halogens is 2. The molecule has 0 spiro atoms. The standard InChI is InChI=1S/C13H17Cl2NO/c1-3-4-11(15)8-16-13(17)12-7-10(14)6-5-9(12)2/h5-7,11H,3-4,8H2,1-2H3,(H,16,17). The summed E-state index contributed by atoms with van der Waals surface area (Å²) in [4.78, 5) is 11.9. The van der Waals surface area contributed by atoms with Crippen LogP contribution in [-0.4, -0.2) is 17.8 Å². The second kappa shape index (κ2) is 6.87. The van der Waals surface area contributed by atoms with E-state index in [1.165, 1.54) is 0 Å². The van der Waals surface area contributed by atoms with Crippen molar-refractivity contribution < 1.29 is 4.79 Å². The van der Waals surface area contributed by atoms with Gasteiger partial charge in [0.2, 0.25) is 0 Å². The van der Waals surface area contributed by atoms with Gasteiger partial charge in [-0.1, -0.05) is 31.0 Å². The molecule has 1 atom stereocenters. The van der Waals surface area contributed by atoms with Crippen LogP contribution in [0.1, 0.15) is 35.7 Å². The van der Waals surface area contributed by atoms with Gasteiger partial charge in [0, 0.05) is 17.1 Å². The van der Waals surface area contributed by atoms with Crippen molar-refractivity contribution in [3.8, 4) is 0 Å². The molecule has 0 aliphatic carbocycles. The molecule has 0 bridgehead atoms. The highest BCUT2D eigenvalue weighted by Crippen LogP contribution is 2.15. The van der Waals surface area contributed by atoms with Gasteiger partial charge in [-0.3, -0.25) is 4.79 Å². The Labute approximate surface area is 112 Å². The number of hydrogen-bond donors (Lipinski definition) is 1. The van der Waals surface area contributed by atoms with E-state index in [2.05, 4.69) is 12.2 Å². The minimum absolute atomic E-state index is 0.0107. The van der Waals surface area contributed by atoms with Crippen LogP contribution in [0.3, 0.4) is 0 Å². The van der Waals surface area contributed by atoms with Gasteiger partial charge < -0.3 is 5.32 Å². The Balaban J connectivity index is 2.61. The van der Waals surface area contributed by atoms with Gasteiger partial charge in [-0.2, -0.15) is 0 Å². The van der Waals surface area contributed by atoms with Crippen molar-refractivity contribution in [3.05, 3.63) is 34.3 Å². The summed E-state index contributed by atoms with van der Waals surface area (Å²) in [6, 6.07) is 5.28. The summed E-state index contributed by atoms with van der Waals surface area (Å²) in [5, 5.41) is 3.38. The van der Waals surface area contributed by atoms with E-state index in [9.17, 15) is 4.79 Å². The number of carbonyl (C=O) groups is 1. The molecule has 2 nitrogen and oxygen atoms in total. The quantitative estimate of drug-likeness (QED) is 0.813. The first-order valence-electron chi connectivity index (χ1n) is 5.73. The maximum atomic E-state index is 11.9. The van der Waals surface area contributed by atoms with Gasteiger partial charge in [0.25, 0.3) is 5.91 Å². The smallest absolute Gasteiger partial charge is 0.251 e. The molecule has 17 heavy (non-hydrogen) atoms. The lowest BCUT2D eigenvalue weighted by Crippen LogP contribution is -2.30. The van der Waals surface area contributed by atoms with E-state index >= 15 is 0 Å². The first-order valence-corrected chi connectivity index (χ1v) is 6.54. The van der Waals surface area contributed by atoms with Gasteiger partial charge in [0.1, 0.15) is 0 Å². The molecule has 1 amide bonds. The maximum absolute atomic E-state index is 11.9. The maximum Gasteiger partial charge on any atom is 0.251 e. The molecule has 0 saturated carbocycles. The average molecular weight is 274 g/mol.